The van der Waals surface area contributed by atoms with Gasteiger partial charge in [-0.2, -0.15) is 0 Å². The van der Waals surface area contributed by atoms with E-state index in [1.54, 1.807) is 24.3 Å². The van der Waals surface area contributed by atoms with Crippen LogP contribution in [0.5, 0.6) is 0 Å². The number of hydrogen-bond acceptors (Lipinski definition) is 12. The molecule has 6 N–H and O–H groups in total. The molecule has 13 nitrogen and oxygen atoms in total. The van der Waals surface area contributed by atoms with Crippen molar-refractivity contribution in [3.05, 3.63) is 85.1 Å². The quantitative estimate of drug-likeness (QED) is 0.0156. The number of hydrogen-bond donors (Lipinski definition) is 6. The molecule has 0 bridgehead atoms. The standard InChI is InChI=1S/C46H75O13P/c1-3-5-7-8-9-10-11-12-13-14-15-16-17-18-19-20-21-22-24-30-46(53)59-40(37-58-60(54,55)57-35-39(49)34-47)36-56-45(52)29-26-25-28-41-42(44(51)33-43(41)50)32-31-38(48)27-23-6-4-2/h5,7,9-10,12-13,15-16,18-19,25-26,31-32,38-44,47-51H,3-4,6,8,11,14,17,20-24,27-30,33-37H2,1-2H3,(H,54,55)/b7-5-,10-9-,13-12-,16-15-,19-18-,26-25-,32-31+/t38-,39+,40-,41+,42-,43+,44-/m1/s1. The molecule has 1 saturated carbocycles. The van der Waals surface area contributed by atoms with E-state index in [1.165, 1.54) is 0 Å². The fourth-order valence-corrected chi connectivity index (χ4v) is 7.02. The van der Waals surface area contributed by atoms with Crippen LogP contribution >= 0.6 is 7.82 Å². The third-order valence-electron chi connectivity index (χ3n) is 9.64. The summed E-state index contributed by atoms with van der Waals surface area (Å²) in [5, 5.41) is 49.7. The van der Waals surface area contributed by atoms with Crippen LogP contribution in [0.3, 0.4) is 0 Å². The van der Waals surface area contributed by atoms with Crippen molar-refractivity contribution in [2.75, 3.05) is 26.4 Å². The predicted molar refractivity (Wildman–Crippen MR) is 234 cm³/mol. The Kier molecular flexibility index (Phi) is 32.7. The van der Waals surface area contributed by atoms with Gasteiger partial charge in [-0.15, -0.1) is 0 Å². The van der Waals surface area contributed by atoms with Crippen LogP contribution in [-0.2, 0) is 32.7 Å². The number of allylic oxidation sites excluding steroid dienone is 11. The minimum absolute atomic E-state index is 0.0740. The van der Waals surface area contributed by atoms with Gasteiger partial charge in [0, 0.05) is 18.8 Å². The zero-order valence-electron chi connectivity index (χ0n) is 36.0. The summed E-state index contributed by atoms with van der Waals surface area (Å²) in [6.07, 6.45) is 35.3. The Morgan fingerprint density at radius 3 is 2.00 bits per heavy atom. The molecule has 1 unspecified atom stereocenters. The first kappa shape index (κ1) is 55.0. The van der Waals surface area contributed by atoms with Crippen LogP contribution in [0.2, 0.25) is 0 Å². The molecule has 8 atom stereocenters. The van der Waals surface area contributed by atoms with E-state index < -0.39 is 76.7 Å². The number of aliphatic hydroxyl groups is 5. The predicted octanol–water partition coefficient (Wildman–Crippen LogP) is 7.82. The average Bonchev–Trinajstić information content (AvgIpc) is 3.50. The van der Waals surface area contributed by atoms with Crippen LogP contribution in [0, 0.1) is 11.8 Å². The van der Waals surface area contributed by atoms with E-state index in [4.69, 9.17) is 19.1 Å². The highest BCUT2D eigenvalue weighted by molar-refractivity contribution is 7.47. The lowest BCUT2D eigenvalue weighted by atomic mass is 9.89. The summed E-state index contributed by atoms with van der Waals surface area (Å²) in [4.78, 5) is 35.2. The molecule has 1 rings (SSSR count). The first-order chi connectivity index (χ1) is 28.9. The Morgan fingerprint density at radius 1 is 0.733 bits per heavy atom. The van der Waals surface area contributed by atoms with Gasteiger partial charge in [0.2, 0.25) is 0 Å². The van der Waals surface area contributed by atoms with Crippen LogP contribution in [0.25, 0.3) is 0 Å². The SMILES string of the molecule is CC/C=C\C/C=C\C/C=C\C/C=C\C/C=C\CCCCCC(=O)O[C@H](COC(=O)C/C=C\C[C@H]1[C@@H](/C=C/[C@H](O)CCCCC)[C@H](O)C[C@@H]1O)COP(=O)(O)OC[C@@H](O)CO. The van der Waals surface area contributed by atoms with Crippen LogP contribution in [-0.4, -0.2) is 99.3 Å². The van der Waals surface area contributed by atoms with Gasteiger partial charge in [-0.1, -0.05) is 125 Å². The van der Waals surface area contributed by atoms with Gasteiger partial charge in [0.25, 0.3) is 0 Å². The summed E-state index contributed by atoms with van der Waals surface area (Å²) in [5.74, 6) is -1.93. The second-order valence-corrected chi connectivity index (χ2v) is 16.4. The zero-order valence-corrected chi connectivity index (χ0v) is 36.9. The second-order valence-electron chi connectivity index (χ2n) is 15.0. The summed E-state index contributed by atoms with van der Waals surface area (Å²) in [6, 6.07) is 0. The number of carbonyl (C=O) groups is 2. The Bertz CT molecular complexity index is 1390. The molecule has 0 radical (unpaired) electrons. The molecule has 0 aliphatic heterocycles. The van der Waals surface area contributed by atoms with Gasteiger partial charge in [-0.3, -0.25) is 18.6 Å². The highest BCUT2D eigenvalue weighted by Gasteiger charge is 2.39. The molecule has 0 amide bonds. The molecule has 60 heavy (non-hydrogen) atoms. The van der Waals surface area contributed by atoms with Gasteiger partial charge in [0.05, 0.1) is 44.6 Å². The Balaban J connectivity index is 2.54. The molecule has 0 heterocycles. The maximum Gasteiger partial charge on any atom is 0.472 e. The van der Waals surface area contributed by atoms with Gasteiger partial charge >= 0.3 is 19.8 Å². The minimum Gasteiger partial charge on any atom is -0.461 e. The summed E-state index contributed by atoms with van der Waals surface area (Å²) in [6.45, 7) is 1.72. The minimum atomic E-state index is -4.71. The number of carbonyl (C=O) groups excluding carboxylic acids is 2. The molecule has 1 aliphatic rings. The zero-order chi connectivity index (χ0) is 44.3. The van der Waals surface area contributed by atoms with Crippen LogP contribution in [0.15, 0.2) is 85.1 Å². The molecular weight excluding hydrogens is 791 g/mol. The lowest BCUT2D eigenvalue weighted by molar-refractivity contribution is -0.160. The van der Waals surface area contributed by atoms with Gasteiger partial charge in [-0.05, 0) is 70.1 Å². The van der Waals surface area contributed by atoms with Crippen molar-refractivity contribution >= 4 is 19.8 Å². The Hall–Kier alpha value is -2.97. The van der Waals surface area contributed by atoms with E-state index >= 15 is 0 Å². The van der Waals surface area contributed by atoms with E-state index in [1.807, 2.05) is 0 Å². The number of rotatable bonds is 35. The number of unbranched alkanes of at least 4 members (excludes halogenated alkanes) is 5. The third kappa shape index (κ3) is 29.3. The average molecular weight is 867 g/mol. The van der Waals surface area contributed by atoms with Crippen molar-refractivity contribution in [3.8, 4) is 0 Å². The van der Waals surface area contributed by atoms with Crippen molar-refractivity contribution < 1.29 is 63.1 Å². The summed E-state index contributed by atoms with van der Waals surface area (Å²) in [7, 11) is -4.71. The van der Waals surface area contributed by atoms with E-state index in [0.717, 1.165) is 70.6 Å². The first-order valence-electron chi connectivity index (χ1n) is 21.8. The second kappa shape index (κ2) is 35.6. The smallest absolute Gasteiger partial charge is 0.461 e. The van der Waals surface area contributed by atoms with E-state index in [0.29, 0.717) is 19.3 Å². The molecule has 0 aromatic heterocycles. The fraction of sp³-hybridized carbons (Fsp3) is 0.652. The van der Waals surface area contributed by atoms with E-state index in [9.17, 15) is 39.5 Å². The largest absolute Gasteiger partial charge is 0.472 e. The van der Waals surface area contributed by atoms with Gasteiger partial charge in [0.15, 0.2) is 6.10 Å². The maximum absolute atomic E-state index is 12.7. The van der Waals surface area contributed by atoms with Gasteiger partial charge in [0.1, 0.15) is 12.7 Å². The number of aliphatic hydroxyl groups excluding tert-OH is 5. The van der Waals surface area contributed by atoms with Crippen LogP contribution in [0.4, 0.5) is 0 Å². The first-order valence-corrected chi connectivity index (χ1v) is 23.3. The van der Waals surface area contributed by atoms with Crippen LogP contribution < -0.4 is 0 Å². The van der Waals surface area contributed by atoms with Crippen LogP contribution in [0.1, 0.15) is 123 Å². The number of esters is 2. The monoisotopic (exact) mass is 866 g/mol. The summed E-state index contributed by atoms with van der Waals surface area (Å²) < 4.78 is 32.6. The maximum atomic E-state index is 12.7. The van der Waals surface area contributed by atoms with E-state index in [-0.39, 0.29) is 31.1 Å². The number of phosphoric acid groups is 1. The van der Waals surface area contributed by atoms with Gasteiger partial charge in [-0.25, -0.2) is 4.57 Å². The molecule has 1 aliphatic carbocycles. The summed E-state index contributed by atoms with van der Waals surface area (Å²) in [5.41, 5.74) is 0. The van der Waals surface area contributed by atoms with Crippen molar-refractivity contribution in [1.29, 1.82) is 0 Å². The molecule has 0 aromatic carbocycles. The van der Waals surface area contributed by atoms with E-state index in [2.05, 4.69) is 79.1 Å². The summed E-state index contributed by atoms with van der Waals surface area (Å²) >= 11 is 0. The number of ether oxygens (including phenoxy) is 2. The normalized spacial score (nSPS) is 21.4. The number of phosphoric ester groups is 1. The highest BCUT2D eigenvalue weighted by atomic mass is 31.2. The molecule has 0 saturated heterocycles. The molecule has 1 fully saturated rings. The third-order valence-corrected chi connectivity index (χ3v) is 10.6. The molecule has 14 heteroatoms. The fourth-order valence-electron chi connectivity index (χ4n) is 6.23. The Labute approximate surface area is 358 Å². The molecule has 0 aromatic rings. The van der Waals surface area contributed by atoms with Gasteiger partial charge < -0.3 is 39.9 Å². The molecular formula is C46H75O13P. The van der Waals surface area contributed by atoms with Crippen molar-refractivity contribution in [2.24, 2.45) is 11.8 Å². The van der Waals surface area contributed by atoms with Crippen molar-refractivity contribution in [3.63, 3.8) is 0 Å². The van der Waals surface area contributed by atoms with Crippen molar-refractivity contribution in [2.45, 2.75) is 154 Å². The highest BCUT2D eigenvalue weighted by Crippen LogP contribution is 2.43. The Morgan fingerprint density at radius 2 is 1.37 bits per heavy atom. The molecule has 0 spiro atoms. The molecule has 342 valence electrons. The topological polar surface area (TPSA) is 210 Å². The van der Waals surface area contributed by atoms with Crippen molar-refractivity contribution in [1.82, 2.24) is 0 Å². The lowest BCUT2D eigenvalue weighted by Gasteiger charge is -2.20. The lowest BCUT2D eigenvalue weighted by Crippen LogP contribution is -2.29.